The van der Waals surface area contributed by atoms with Crippen LogP contribution in [0.15, 0.2) is 0 Å². The molecule has 4 rings (SSSR count). The van der Waals surface area contributed by atoms with Gasteiger partial charge in [-0.1, -0.05) is 12.8 Å². The van der Waals surface area contributed by atoms with E-state index in [0.717, 1.165) is 6.42 Å². The third-order valence-electron chi connectivity index (χ3n) is 5.71. The van der Waals surface area contributed by atoms with E-state index in [1.165, 1.54) is 38.5 Å². The molecule has 4 fully saturated rings. The molecule has 5 atom stereocenters. The Labute approximate surface area is 84.6 Å². The van der Waals surface area contributed by atoms with Gasteiger partial charge in [0.1, 0.15) is 0 Å². The van der Waals surface area contributed by atoms with E-state index in [1.807, 2.05) is 0 Å². The molecule has 2 heteroatoms. The lowest BCUT2D eigenvalue weighted by Crippen LogP contribution is -2.62. The molecule has 1 saturated heterocycles. The van der Waals surface area contributed by atoms with Crippen LogP contribution in [-0.4, -0.2) is 23.4 Å². The molecule has 3 saturated carbocycles. The van der Waals surface area contributed by atoms with Crippen LogP contribution in [0.4, 0.5) is 0 Å². The maximum absolute atomic E-state index is 10.00. The van der Waals surface area contributed by atoms with E-state index in [2.05, 4.69) is 0 Å². The number of hydrogen-bond donors (Lipinski definition) is 1. The second-order valence-electron chi connectivity index (χ2n) is 5.99. The van der Waals surface area contributed by atoms with Crippen molar-refractivity contribution < 1.29 is 9.84 Å². The Kier molecular flexibility index (Phi) is 1.27. The number of aliphatic hydroxyl groups is 1. The van der Waals surface area contributed by atoms with E-state index >= 15 is 0 Å². The van der Waals surface area contributed by atoms with Crippen molar-refractivity contribution in [1.29, 1.82) is 0 Å². The summed E-state index contributed by atoms with van der Waals surface area (Å²) in [6, 6.07) is 0. The van der Waals surface area contributed by atoms with Crippen LogP contribution in [0.5, 0.6) is 0 Å². The van der Waals surface area contributed by atoms with E-state index in [1.54, 1.807) is 0 Å². The number of ether oxygens (including phenoxy) is 1. The summed E-state index contributed by atoms with van der Waals surface area (Å²) in [4.78, 5) is 0. The molecule has 0 aromatic carbocycles. The summed E-state index contributed by atoms with van der Waals surface area (Å²) in [7, 11) is 0. The van der Waals surface area contributed by atoms with Crippen LogP contribution >= 0.6 is 0 Å². The molecule has 1 spiro atoms. The highest BCUT2D eigenvalue weighted by Crippen LogP contribution is 2.75. The molecule has 0 aromatic heterocycles. The highest BCUT2D eigenvalue weighted by atomic mass is 16.5. The Bertz CT molecular complexity index is 290. The van der Waals surface area contributed by atoms with Gasteiger partial charge < -0.3 is 9.84 Å². The monoisotopic (exact) mass is 194 g/mol. The summed E-state index contributed by atoms with van der Waals surface area (Å²) in [5, 5.41) is 10.00. The molecule has 0 unspecified atom stereocenters. The van der Waals surface area contributed by atoms with Gasteiger partial charge in [0.15, 0.2) is 0 Å². The third kappa shape index (κ3) is 0.646. The topological polar surface area (TPSA) is 29.5 Å². The van der Waals surface area contributed by atoms with Gasteiger partial charge in [-0.3, -0.25) is 0 Å². The van der Waals surface area contributed by atoms with Gasteiger partial charge in [-0.2, -0.15) is 0 Å². The van der Waals surface area contributed by atoms with Gasteiger partial charge in [0.05, 0.1) is 18.3 Å². The molecule has 3 aliphatic carbocycles. The smallest absolute Gasteiger partial charge is 0.0844 e. The second kappa shape index (κ2) is 2.19. The van der Waals surface area contributed by atoms with Gasteiger partial charge in [0.2, 0.25) is 0 Å². The Morgan fingerprint density at radius 1 is 1.07 bits per heavy atom. The predicted molar refractivity (Wildman–Crippen MR) is 51.9 cm³/mol. The molecule has 2 bridgehead atoms. The summed E-state index contributed by atoms with van der Waals surface area (Å²) < 4.78 is 5.97. The van der Waals surface area contributed by atoms with Crippen LogP contribution < -0.4 is 0 Å². The van der Waals surface area contributed by atoms with E-state index in [4.69, 9.17) is 4.74 Å². The largest absolute Gasteiger partial charge is 0.390 e. The van der Waals surface area contributed by atoms with Crippen molar-refractivity contribution >= 4 is 0 Å². The standard InChI is InChI=1S/C12H18O2/c13-8-5-11-3-1-2-4-12(11)6-9(8)14-10(12)7-11/h8-10,13H,1-7H2/t8-,9+,10+,11+,12-/m1/s1. The summed E-state index contributed by atoms with van der Waals surface area (Å²) in [6.07, 6.45) is 9.51. The van der Waals surface area contributed by atoms with Crippen LogP contribution in [-0.2, 0) is 4.74 Å². The first-order valence-electron chi connectivity index (χ1n) is 6.09. The summed E-state index contributed by atoms with van der Waals surface area (Å²) in [5.41, 5.74) is 1.03. The SMILES string of the molecule is O[C@@H]1C[C@]23CCCC[C@]24C[C@@H]1O[C@H]4C3. The first kappa shape index (κ1) is 8.12. The van der Waals surface area contributed by atoms with Crippen LogP contribution in [0, 0.1) is 10.8 Å². The van der Waals surface area contributed by atoms with Crippen molar-refractivity contribution in [2.24, 2.45) is 10.8 Å². The average Bonchev–Trinajstić information content (AvgIpc) is 2.32. The minimum atomic E-state index is -0.159. The summed E-state index contributed by atoms with van der Waals surface area (Å²) in [6.45, 7) is 0. The average molecular weight is 194 g/mol. The molecule has 14 heavy (non-hydrogen) atoms. The number of rotatable bonds is 0. The lowest BCUT2D eigenvalue weighted by molar-refractivity contribution is -0.182. The van der Waals surface area contributed by atoms with Crippen LogP contribution in [0.1, 0.15) is 44.9 Å². The molecule has 1 aliphatic heterocycles. The van der Waals surface area contributed by atoms with Crippen molar-refractivity contribution in [3.8, 4) is 0 Å². The lowest BCUT2D eigenvalue weighted by Gasteiger charge is -2.65. The minimum absolute atomic E-state index is 0.159. The molecule has 78 valence electrons. The second-order valence-corrected chi connectivity index (χ2v) is 5.99. The Morgan fingerprint density at radius 3 is 2.86 bits per heavy atom. The zero-order valence-corrected chi connectivity index (χ0v) is 8.54. The van der Waals surface area contributed by atoms with Crippen molar-refractivity contribution in [3.05, 3.63) is 0 Å². The molecule has 2 nitrogen and oxygen atoms in total. The Balaban J connectivity index is 1.80. The molecule has 1 heterocycles. The predicted octanol–water partition coefficient (Wildman–Crippen LogP) is 1.86. The van der Waals surface area contributed by atoms with Crippen LogP contribution in [0.2, 0.25) is 0 Å². The third-order valence-corrected chi connectivity index (χ3v) is 5.71. The number of hydrogen-bond acceptors (Lipinski definition) is 2. The van der Waals surface area contributed by atoms with Gasteiger partial charge >= 0.3 is 0 Å². The summed E-state index contributed by atoms with van der Waals surface area (Å²) in [5.74, 6) is 0. The maximum Gasteiger partial charge on any atom is 0.0844 e. The van der Waals surface area contributed by atoms with Crippen LogP contribution in [0.3, 0.4) is 0 Å². The fraction of sp³-hybridized carbons (Fsp3) is 1.00. The van der Waals surface area contributed by atoms with E-state index in [-0.39, 0.29) is 12.2 Å². The fourth-order valence-electron chi connectivity index (χ4n) is 5.04. The van der Waals surface area contributed by atoms with Gasteiger partial charge in [-0.25, -0.2) is 0 Å². The van der Waals surface area contributed by atoms with E-state index in [9.17, 15) is 5.11 Å². The lowest BCUT2D eigenvalue weighted by atomic mass is 9.39. The van der Waals surface area contributed by atoms with Crippen LogP contribution in [0.25, 0.3) is 0 Å². The van der Waals surface area contributed by atoms with Gasteiger partial charge in [0, 0.05) is 5.41 Å². The molecule has 0 radical (unpaired) electrons. The fourth-order valence-corrected chi connectivity index (χ4v) is 5.04. The number of fused-ring (bicyclic) bond motifs is 1. The molecule has 4 aliphatic rings. The first-order valence-corrected chi connectivity index (χ1v) is 6.09. The first-order chi connectivity index (χ1) is 6.76. The highest BCUT2D eigenvalue weighted by Gasteiger charge is 2.73. The molecule has 1 N–H and O–H groups in total. The molecular weight excluding hydrogens is 176 g/mol. The number of aliphatic hydroxyl groups excluding tert-OH is 1. The maximum atomic E-state index is 10.00. The van der Waals surface area contributed by atoms with E-state index in [0.29, 0.717) is 16.9 Å². The Hall–Kier alpha value is -0.0800. The molecule has 0 amide bonds. The Morgan fingerprint density at radius 2 is 1.93 bits per heavy atom. The van der Waals surface area contributed by atoms with E-state index < -0.39 is 0 Å². The van der Waals surface area contributed by atoms with Gasteiger partial charge in [-0.15, -0.1) is 0 Å². The summed E-state index contributed by atoms with van der Waals surface area (Å²) >= 11 is 0. The molecular formula is C12H18O2. The van der Waals surface area contributed by atoms with Crippen molar-refractivity contribution in [1.82, 2.24) is 0 Å². The normalized spacial score (nSPS) is 64.5. The van der Waals surface area contributed by atoms with Crippen molar-refractivity contribution in [3.63, 3.8) is 0 Å². The van der Waals surface area contributed by atoms with Gasteiger partial charge in [0.25, 0.3) is 0 Å². The highest BCUT2D eigenvalue weighted by molar-refractivity contribution is 5.22. The minimum Gasteiger partial charge on any atom is -0.390 e. The van der Waals surface area contributed by atoms with Gasteiger partial charge in [-0.05, 0) is 37.5 Å². The zero-order valence-electron chi connectivity index (χ0n) is 8.54. The van der Waals surface area contributed by atoms with Crippen molar-refractivity contribution in [2.75, 3.05) is 0 Å². The molecule has 0 aromatic rings. The quantitative estimate of drug-likeness (QED) is 0.638. The zero-order chi connectivity index (χ0) is 9.39. The van der Waals surface area contributed by atoms with Crippen molar-refractivity contribution in [2.45, 2.75) is 63.3 Å².